The molecule has 0 saturated carbocycles. The lowest BCUT2D eigenvalue weighted by Gasteiger charge is -2.33. The van der Waals surface area contributed by atoms with Crippen molar-refractivity contribution in [3.05, 3.63) is 43.0 Å². The molecule has 0 amide bonds. The third kappa shape index (κ3) is 2.60. The molecule has 0 saturated heterocycles. The predicted molar refractivity (Wildman–Crippen MR) is 72.3 cm³/mol. The fourth-order valence-electron chi connectivity index (χ4n) is 2.46. The first-order chi connectivity index (χ1) is 7.00. The molecule has 1 aromatic rings. The molecule has 0 fully saturated rings. The van der Waals surface area contributed by atoms with Crippen LogP contribution in [0.2, 0.25) is 18.6 Å². The molecule has 0 unspecified atom stereocenters. The minimum atomic E-state index is -1.39. The Morgan fingerprint density at radius 1 is 1.13 bits per heavy atom. The van der Waals surface area contributed by atoms with Crippen LogP contribution in [0.25, 0.3) is 0 Å². The molecule has 15 heavy (non-hydrogen) atoms. The molecule has 0 aliphatic heterocycles. The van der Waals surface area contributed by atoms with Gasteiger partial charge in [-0.05, 0) is 11.5 Å². The maximum absolute atomic E-state index is 4.01. The summed E-state index contributed by atoms with van der Waals surface area (Å²) in [6.45, 7) is 13.5. The zero-order valence-electron chi connectivity index (χ0n) is 10.3. The van der Waals surface area contributed by atoms with Crippen LogP contribution in [-0.4, -0.2) is 8.07 Å². The maximum Gasteiger partial charge on any atom is 0.0876 e. The molecule has 0 N–H and O–H groups in total. The van der Waals surface area contributed by atoms with Gasteiger partial charge in [0.1, 0.15) is 0 Å². The second-order valence-corrected chi connectivity index (χ2v) is 9.78. The number of rotatable bonds is 4. The zero-order chi connectivity index (χ0) is 11.5. The van der Waals surface area contributed by atoms with Crippen molar-refractivity contribution in [2.45, 2.75) is 32.5 Å². The lowest BCUT2D eigenvalue weighted by Crippen LogP contribution is -2.46. The number of benzene rings is 1. The van der Waals surface area contributed by atoms with Gasteiger partial charge in [0.15, 0.2) is 0 Å². The Labute approximate surface area is 95.0 Å². The van der Waals surface area contributed by atoms with E-state index in [1.807, 2.05) is 0 Å². The van der Waals surface area contributed by atoms with Crippen molar-refractivity contribution in [1.82, 2.24) is 0 Å². The molecular weight excluding hydrogens is 196 g/mol. The molecule has 0 spiro atoms. The molecule has 1 aromatic carbocycles. The van der Waals surface area contributed by atoms with Crippen molar-refractivity contribution in [2.75, 3.05) is 0 Å². The summed E-state index contributed by atoms with van der Waals surface area (Å²) >= 11 is 0. The molecule has 1 rings (SSSR count). The van der Waals surface area contributed by atoms with Gasteiger partial charge in [0.05, 0.1) is 8.07 Å². The molecule has 0 radical (unpaired) electrons. The third-order valence-electron chi connectivity index (χ3n) is 3.32. The minimum Gasteiger partial charge on any atom is -0.103 e. The van der Waals surface area contributed by atoms with E-state index in [9.17, 15) is 0 Å². The predicted octanol–water partition coefficient (Wildman–Crippen LogP) is 3.81. The van der Waals surface area contributed by atoms with Crippen molar-refractivity contribution < 1.29 is 0 Å². The number of hydrogen-bond donors (Lipinski definition) is 0. The second kappa shape index (κ2) is 4.80. The van der Waals surface area contributed by atoms with Gasteiger partial charge < -0.3 is 0 Å². The van der Waals surface area contributed by atoms with E-state index in [-0.39, 0.29) is 0 Å². The van der Waals surface area contributed by atoms with Gasteiger partial charge in [-0.15, -0.1) is 6.58 Å². The first-order valence-corrected chi connectivity index (χ1v) is 8.76. The summed E-state index contributed by atoms with van der Waals surface area (Å²) in [5, 5.41) is 1.53. The van der Waals surface area contributed by atoms with Gasteiger partial charge in [-0.25, -0.2) is 0 Å². The Morgan fingerprint density at radius 3 is 2.07 bits per heavy atom. The van der Waals surface area contributed by atoms with E-state index in [4.69, 9.17) is 0 Å². The Balaban J connectivity index is 3.05. The summed E-state index contributed by atoms with van der Waals surface area (Å²) in [6.07, 6.45) is 2.16. The van der Waals surface area contributed by atoms with Gasteiger partial charge in [-0.2, -0.15) is 0 Å². The Bertz CT molecular complexity index is 311. The zero-order valence-corrected chi connectivity index (χ0v) is 11.3. The maximum atomic E-state index is 4.01. The Morgan fingerprint density at radius 2 is 1.67 bits per heavy atom. The van der Waals surface area contributed by atoms with Gasteiger partial charge in [-0.3, -0.25) is 0 Å². The first kappa shape index (κ1) is 12.2. The highest BCUT2D eigenvalue weighted by molar-refractivity contribution is 6.91. The summed E-state index contributed by atoms with van der Waals surface area (Å²) in [7, 11) is -1.39. The van der Waals surface area contributed by atoms with Crippen molar-refractivity contribution >= 4 is 13.3 Å². The Kier molecular flexibility index (Phi) is 3.92. The number of hydrogen-bond acceptors (Lipinski definition) is 0. The van der Waals surface area contributed by atoms with Crippen LogP contribution in [-0.2, 0) is 0 Å². The van der Waals surface area contributed by atoms with E-state index in [2.05, 4.69) is 69.9 Å². The van der Waals surface area contributed by atoms with E-state index >= 15 is 0 Å². The molecule has 0 aliphatic rings. The van der Waals surface area contributed by atoms with Crippen molar-refractivity contribution in [2.24, 2.45) is 5.92 Å². The van der Waals surface area contributed by atoms with Crippen molar-refractivity contribution in [1.29, 1.82) is 0 Å². The summed E-state index contributed by atoms with van der Waals surface area (Å²) in [4.78, 5) is 0. The molecule has 0 heterocycles. The van der Waals surface area contributed by atoms with Gasteiger partial charge in [0, 0.05) is 0 Å². The van der Waals surface area contributed by atoms with Crippen LogP contribution in [0, 0.1) is 5.92 Å². The van der Waals surface area contributed by atoms with Gasteiger partial charge in [0.25, 0.3) is 0 Å². The SMILES string of the molecule is C=C[C@H](C(C)C)[Si](C)(C)c1ccccc1. The third-order valence-corrected chi connectivity index (χ3v) is 7.71. The van der Waals surface area contributed by atoms with Crippen LogP contribution in [0.15, 0.2) is 43.0 Å². The first-order valence-electron chi connectivity index (χ1n) is 5.68. The average molecular weight is 218 g/mol. The fourth-order valence-corrected chi connectivity index (χ4v) is 6.15. The van der Waals surface area contributed by atoms with Crippen LogP contribution in [0.3, 0.4) is 0 Å². The van der Waals surface area contributed by atoms with E-state index in [0.717, 1.165) is 0 Å². The summed E-state index contributed by atoms with van der Waals surface area (Å²) in [5.41, 5.74) is 0.653. The minimum absolute atomic E-state index is 0.653. The van der Waals surface area contributed by atoms with Crippen LogP contribution >= 0.6 is 0 Å². The largest absolute Gasteiger partial charge is 0.103 e. The molecular formula is C14H22Si. The smallest absolute Gasteiger partial charge is 0.0876 e. The normalized spacial score (nSPS) is 13.9. The van der Waals surface area contributed by atoms with Crippen molar-refractivity contribution in [3.63, 3.8) is 0 Å². The molecule has 1 atom stereocenters. The highest BCUT2D eigenvalue weighted by Gasteiger charge is 2.33. The standard InChI is InChI=1S/C14H22Si/c1-6-14(12(2)3)15(4,5)13-10-8-7-9-11-13/h6-12,14H,1H2,2-5H3/t14-/m1/s1. The quantitative estimate of drug-likeness (QED) is 0.532. The molecule has 1 heteroatoms. The molecule has 0 aromatic heterocycles. The van der Waals surface area contributed by atoms with Gasteiger partial charge in [0.2, 0.25) is 0 Å². The topological polar surface area (TPSA) is 0 Å². The van der Waals surface area contributed by atoms with Crippen LogP contribution < -0.4 is 5.19 Å². The van der Waals surface area contributed by atoms with Crippen LogP contribution in [0.5, 0.6) is 0 Å². The van der Waals surface area contributed by atoms with Crippen molar-refractivity contribution in [3.8, 4) is 0 Å². The fraction of sp³-hybridized carbons (Fsp3) is 0.429. The summed E-state index contributed by atoms with van der Waals surface area (Å²) in [6, 6.07) is 10.9. The Hall–Kier alpha value is -0.823. The molecule has 0 aliphatic carbocycles. The lowest BCUT2D eigenvalue weighted by molar-refractivity contribution is 0.648. The van der Waals surface area contributed by atoms with E-state index in [1.54, 1.807) is 0 Å². The molecule has 82 valence electrons. The summed E-state index contributed by atoms with van der Waals surface area (Å²) < 4.78 is 0. The molecule has 0 nitrogen and oxygen atoms in total. The number of allylic oxidation sites excluding steroid dienone is 1. The van der Waals surface area contributed by atoms with Gasteiger partial charge in [-0.1, -0.05) is 68.5 Å². The van der Waals surface area contributed by atoms with E-state index < -0.39 is 8.07 Å². The monoisotopic (exact) mass is 218 g/mol. The highest BCUT2D eigenvalue weighted by Crippen LogP contribution is 2.30. The van der Waals surface area contributed by atoms with Crippen LogP contribution in [0.1, 0.15) is 13.8 Å². The second-order valence-electron chi connectivity index (χ2n) is 5.09. The van der Waals surface area contributed by atoms with E-state index in [0.29, 0.717) is 11.5 Å². The highest BCUT2D eigenvalue weighted by atomic mass is 28.3. The van der Waals surface area contributed by atoms with E-state index in [1.165, 1.54) is 5.19 Å². The van der Waals surface area contributed by atoms with Gasteiger partial charge >= 0.3 is 0 Å². The average Bonchev–Trinajstić information content (AvgIpc) is 2.19. The molecule has 0 bridgehead atoms. The lowest BCUT2D eigenvalue weighted by atomic mass is 10.1. The summed E-state index contributed by atoms with van der Waals surface area (Å²) in [5.74, 6) is 0.685. The van der Waals surface area contributed by atoms with Crippen LogP contribution in [0.4, 0.5) is 0 Å².